The van der Waals surface area contributed by atoms with Crippen LogP contribution in [-0.4, -0.2) is 88.2 Å². The van der Waals surface area contributed by atoms with E-state index in [-0.39, 0.29) is 24.3 Å². The van der Waals surface area contributed by atoms with Gasteiger partial charge in [0.15, 0.2) is 0 Å². The summed E-state index contributed by atoms with van der Waals surface area (Å²) in [5.74, 6) is -0.127. The van der Waals surface area contributed by atoms with E-state index >= 15 is 0 Å². The third kappa shape index (κ3) is 5.68. The topological polar surface area (TPSA) is 110 Å². The number of nitrogens with zero attached hydrogens (tertiary/aromatic N) is 6. The Morgan fingerprint density at radius 3 is 2.22 bits per heavy atom. The van der Waals surface area contributed by atoms with Crippen LogP contribution in [0.15, 0.2) is 23.4 Å². The van der Waals surface area contributed by atoms with Crippen molar-refractivity contribution < 1.29 is 31.1 Å². The van der Waals surface area contributed by atoms with Crippen LogP contribution < -0.4 is 15.8 Å². The Bertz CT molecular complexity index is 1120. The molecule has 4 heterocycles. The molecule has 1 amide bonds. The molecule has 4 rings (SSSR count). The molecule has 0 unspecified atom stereocenters. The van der Waals surface area contributed by atoms with Gasteiger partial charge in [-0.25, -0.2) is 15.1 Å². The summed E-state index contributed by atoms with van der Waals surface area (Å²) in [6.07, 6.45) is -6.97. The van der Waals surface area contributed by atoms with Crippen molar-refractivity contribution in [2.45, 2.75) is 12.4 Å². The highest BCUT2D eigenvalue weighted by atomic mass is 19.4. The van der Waals surface area contributed by atoms with Gasteiger partial charge in [0.25, 0.3) is 5.56 Å². The summed E-state index contributed by atoms with van der Waals surface area (Å²) in [5.41, 5.74) is -4.00. The Morgan fingerprint density at radius 2 is 1.64 bits per heavy atom. The highest BCUT2D eigenvalue weighted by Gasteiger charge is 2.38. The van der Waals surface area contributed by atoms with E-state index in [9.17, 15) is 35.9 Å². The Labute approximate surface area is 200 Å². The van der Waals surface area contributed by atoms with Gasteiger partial charge in [0.2, 0.25) is 11.9 Å². The molecule has 0 bridgehead atoms. The Hall–Kier alpha value is -3.43. The van der Waals surface area contributed by atoms with Crippen LogP contribution in [0.1, 0.15) is 11.1 Å². The molecule has 2 aromatic heterocycles. The van der Waals surface area contributed by atoms with Gasteiger partial charge >= 0.3 is 12.4 Å². The number of carbonyl (C=O) groups is 1. The number of H-pyrrole nitrogens is 1. The SMILES string of the molecule is O=C(C1CN(CCNc2cn[nH]c(=O)c2C(F)(F)F)C1)N1CCN(c2ncc(C(F)(F)F)cn2)CC1. The number of anilines is 2. The summed E-state index contributed by atoms with van der Waals surface area (Å²) in [4.78, 5) is 37.1. The van der Waals surface area contributed by atoms with Gasteiger partial charge in [-0.05, 0) is 0 Å². The van der Waals surface area contributed by atoms with Gasteiger partial charge in [0, 0.05) is 64.8 Å². The smallest absolute Gasteiger partial charge is 0.382 e. The van der Waals surface area contributed by atoms with Crippen molar-refractivity contribution in [3.05, 3.63) is 40.1 Å². The van der Waals surface area contributed by atoms with Crippen molar-refractivity contribution in [1.82, 2.24) is 30.0 Å². The number of aromatic amines is 1. The summed E-state index contributed by atoms with van der Waals surface area (Å²) in [7, 11) is 0. The fourth-order valence-electron chi connectivity index (χ4n) is 4.09. The van der Waals surface area contributed by atoms with Crippen LogP contribution in [0, 0.1) is 5.92 Å². The molecule has 0 aliphatic carbocycles. The van der Waals surface area contributed by atoms with Crippen LogP contribution >= 0.6 is 0 Å². The molecule has 16 heteroatoms. The molecular formula is C20H22F6N8O2. The molecule has 2 saturated heterocycles. The van der Waals surface area contributed by atoms with Gasteiger partial charge in [-0.1, -0.05) is 0 Å². The van der Waals surface area contributed by atoms with E-state index in [4.69, 9.17) is 0 Å². The number of hydrogen-bond donors (Lipinski definition) is 2. The number of aromatic nitrogens is 4. The first-order valence-electron chi connectivity index (χ1n) is 11.0. The average molecular weight is 520 g/mol. The van der Waals surface area contributed by atoms with Gasteiger partial charge in [-0.3, -0.25) is 14.5 Å². The van der Waals surface area contributed by atoms with E-state index in [1.165, 1.54) is 0 Å². The lowest BCUT2D eigenvalue weighted by molar-refractivity contribution is -0.141. The van der Waals surface area contributed by atoms with Gasteiger partial charge in [-0.2, -0.15) is 31.4 Å². The third-order valence-electron chi connectivity index (χ3n) is 6.03. The first-order chi connectivity index (χ1) is 16.9. The highest BCUT2D eigenvalue weighted by Crippen LogP contribution is 2.31. The van der Waals surface area contributed by atoms with Gasteiger partial charge in [-0.15, -0.1) is 0 Å². The second kappa shape index (κ2) is 9.91. The number of alkyl halides is 6. The minimum absolute atomic E-state index is 0.0506. The molecule has 2 fully saturated rings. The van der Waals surface area contributed by atoms with E-state index in [0.29, 0.717) is 45.8 Å². The number of likely N-dealkylation sites (tertiary alicyclic amines) is 1. The van der Waals surface area contributed by atoms with Crippen LogP contribution in [0.4, 0.5) is 38.0 Å². The van der Waals surface area contributed by atoms with Crippen LogP contribution in [0.5, 0.6) is 0 Å². The number of halogens is 6. The minimum Gasteiger partial charge on any atom is -0.382 e. The van der Waals surface area contributed by atoms with Gasteiger partial charge in [0.05, 0.1) is 23.4 Å². The van der Waals surface area contributed by atoms with E-state index in [1.54, 1.807) is 14.9 Å². The molecule has 196 valence electrons. The second-order valence-corrected chi connectivity index (χ2v) is 8.45. The van der Waals surface area contributed by atoms with Crippen molar-refractivity contribution in [3.8, 4) is 0 Å². The Balaban J connectivity index is 1.20. The molecule has 2 N–H and O–H groups in total. The molecule has 0 aromatic carbocycles. The monoisotopic (exact) mass is 520 g/mol. The van der Waals surface area contributed by atoms with E-state index in [2.05, 4.69) is 20.4 Å². The standard InChI is InChI=1S/C20H22F6N8O2/c21-19(22,23)13-7-28-18(29-8-13)34-5-3-33(4-6-34)17(36)12-10-32(11-12)2-1-27-14-9-30-31-16(35)15(14)20(24,25)26/h7-9,12H,1-6,10-11H2,(H2,27,31,35). The maximum absolute atomic E-state index is 13.1. The van der Waals surface area contributed by atoms with Crippen LogP contribution in [-0.2, 0) is 17.1 Å². The Kier molecular flexibility index (Phi) is 7.06. The number of nitrogens with one attached hydrogen (secondary N) is 2. The van der Waals surface area contributed by atoms with E-state index in [0.717, 1.165) is 18.6 Å². The molecule has 0 radical (unpaired) electrons. The second-order valence-electron chi connectivity index (χ2n) is 8.45. The molecule has 0 saturated carbocycles. The predicted octanol–water partition coefficient (Wildman–Crippen LogP) is 1.29. The Morgan fingerprint density at radius 1 is 1.00 bits per heavy atom. The molecule has 2 aliphatic rings. The molecule has 0 spiro atoms. The summed E-state index contributed by atoms with van der Waals surface area (Å²) >= 11 is 0. The maximum atomic E-state index is 13.1. The number of amides is 1. The van der Waals surface area contributed by atoms with Crippen LogP contribution in [0.2, 0.25) is 0 Å². The van der Waals surface area contributed by atoms with Crippen LogP contribution in [0.25, 0.3) is 0 Å². The molecule has 2 aromatic rings. The van der Waals surface area contributed by atoms with E-state index < -0.39 is 34.7 Å². The molecule has 2 aliphatic heterocycles. The van der Waals surface area contributed by atoms with E-state index in [1.807, 2.05) is 4.90 Å². The molecular weight excluding hydrogens is 498 g/mol. The first kappa shape index (κ1) is 25.7. The summed E-state index contributed by atoms with van der Waals surface area (Å²) in [5, 5.41) is 7.74. The summed E-state index contributed by atoms with van der Waals surface area (Å²) in [6, 6.07) is 0. The molecule has 36 heavy (non-hydrogen) atoms. The van der Waals surface area contributed by atoms with Crippen molar-refractivity contribution >= 4 is 17.5 Å². The van der Waals surface area contributed by atoms with Crippen molar-refractivity contribution in [3.63, 3.8) is 0 Å². The molecule has 0 atom stereocenters. The van der Waals surface area contributed by atoms with Crippen molar-refractivity contribution in [1.29, 1.82) is 0 Å². The predicted molar refractivity (Wildman–Crippen MR) is 114 cm³/mol. The summed E-state index contributed by atoms with van der Waals surface area (Å²) < 4.78 is 77.2. The first-order valence-corrected chi connectivity index (χ1v) is 11.0. The van der Waals surface area contributed by atoms with Crippen molar-refractivity contribution in [2.75, 3.05) is 62.6 Å². The fourth-order valence-corrected chi connectivity index (χ4v) is 4.09. The maximum Gasteiger partial charge on any atom is 0.423 e. The lowest BCUT2D eigenvalue weighted by atomic mass is 9.98. The van der Waals surface area contributed by atoms with Crippen molar-refractivity contribution in [2.24, 2.45) is 5.92 Å². The quantitative estimate of drug-likeness (QED) is 0.549. The lowest BCUT2D eigenvalue weighted by Crippen LogP contribution is -2.58. The molecule has 10 nitrogen and oxygen atoms in total. The fraction of sp³-hybridized carbons (Fsp3) is 0.550. The number of carbonyl (C=O) groups excluding carboxylic acids is 1. The highest BCUT2D eigenvalue weighted by molar-refractivity contribution is 5.80. The summed E-state index contributed by atoms with van der Waals surface area (Å²) in [6.45, 7) is 2.89. The number of hydrogen-bond acceptors (Lipinski definition) is 8. The number of piperazine rings is 1. The zero-order valence-electron chi connectivity index (χ0n) is 18.7. The zero-order chi connectivity index (χ0) is 26.1. The van der Waals surface area contributed by atoms with Crippen LogP contribution in [0.3, 0.4) is 0 Å². The normalized spacial score (nSPS) is 17.7. The zero-order valence-corrected chi connectivity index (χ0v) is 18.7. The third-order valence-corrected chi connectivity index (χ3v) is 6.03. The van der Waals surface area contributed by atoms with Gasteiger partial charge in [0.1, 0.15) is 5.56 Å². The van der Waals surface area contributed by atoms with Gasteiger partial charge < -0.3 is 15.1 Å². The number of rotatable bonds is 6. The average Bonchev–Trinajstić information content (AvgIpc) is 2.79. The lowest BCUT2D eigenvalue weighted by Gasteiger charge is -2.42. The minimum atomic E-state index is -4.82. The largest absolute Gasteiger partial charge is 0.423 e.